The SMILES string of the molecule is COc1c(C)cccc1CC(=O)NCC(C)(C)N. The van der Waals surface area contributed by atoms with Crippen molar-refractivity contribution in [3.8, 4) is 5.75 Å². The lowest BCUT2D eigenvalue weighted by Gasteiger charge is -2.19. The van der Waals surface area contributed by atoms with Crippen molar-refractivity contribution in [2.24, 2.45) is 5.73 Å². The summed E-state index contributed by atoms with van der Waals surface area (Å²) in [6, 6.07) is 5.79. The quantitative estimate of drug-likeness (QED) is 0.830. The molecule has 0 bridgehead atoms. The van der Waals surface area contributed by atoms with Crippen molar-refractivity contribution in [1.82, 2.24) is 5.32 Å². The number of aryl methyl sites for hydroxylation is 1. The number of hydrogen-bond acceptors (Lipinski definition) is 3. The number of nitrogens with two attached hydrogens (primary N) is 1. The number of benzene rings is 1. The summed E-state index contributed by atoms with van der Waals surface area (Å²) >= 11 is 0. The highest BCUT2D eigenvalue weighted by Crippen LogP contribution is 2.23. The molecule has 0 heterocycles. The van der Waals surface area contributed by atoms with E-state index in [0.29, 0.717) is 13.0 Å². The molecule has 1 aromatic rings. The number of amides is 1. The number of carbonyl (C=O) groups excluding carboxylic acids is 1. The Hall–Kier alpha value is -1.55. The molecule has 0 aliphatic rings. The fourth-order valence-electron chi connectivity index (χ4n) is 1.71. The molecule has 100 valence electrons. The van der Waals surface area contributed by atoms with E-state index in [1.165, 1.54) is 0 Å². The topological polar surface area (TPSA) is 64.3 Å². The van der Waals surface area contributed by atoms with Gasteiger partial charge >= 0.3 is 0 Å². The van der Waals surface area contributed by atoms with Gasteiger partial charge in [0.15, 0.2) is 0 Å². The first kappa shape index (κ1) is 14.5. The smallest absolute Gasteiger partial charge is 0.224 e. The van der Waals surface area contributed by atoms with Crippen LogP contribution in [0.5, 0.6) is 5.75 Å². The molecule has 4 heteroatoms. The molecule has 1 rings (SSSR count). The number of para-hydroxylation sites is 1. The van der Waals surface area contributed by atoms with Crippen LogP contribution in [0.25, 0.3) is 0 Å². The van der Waals surface area contributed by atoms with Crippen LogP contribution >= 0.6 is 0 Å². The van der Waals surface area contributed by atoms with E-state index in [0.717, 1.165) is 16.9 Å². The van der Waals surface area contributed by atoms with E-state index in [9.17, 15) is 4.79 Å². The maximum absolute atomic E-state index is 11.8. The Balaban J connectivity index is 2.68. The van der Waals surface area contributed by atoms with Crippen molar-refractivity contribution in [2.75, 3.05) is 13.7 Å². The molecule has 0 saturated heterocycles. The average molecular weight is 250 g/mol. The van der Waals surface area contributed by atoms with Gasteiger partial charge in [0.25, 0.3) is 0 Å². The van der Waals surface area contributed by atoms with Crippen molar-refractivity contribution in [3.05, 3.63) is 29.3 Å². The highest BCUT2D eigenvalue weighted by Gasteiger charge is 2.14. The minimum Gasteiger partial charge on any atom is -0.496 e. The van der Waals surface area contributed by atoms with Crippen LogP contribution in [0.15, 0.2) is 18.2 Å². The third kappa shape index (κ3) is 4.37. The van der Waals surface area contributed by atoms with Gasteiger partial charge in [-0.1, -0.05) is 18.2 Å². The van der Waals surface area contributed by atoms with Gasteiger partial charge in [-0.25, -0.2) is 0 Å². The van der Waals surface area contributed by atoms with Gasteiger partial charge in [0.2, 0.25) is 5.91 Å². The molecule has 0 saturated carbocycles. The van der Waals surface area contributed by atoms with Gasteiger partial charge in [-0.15, -0.1) is 0 Å². The van der Waals surface area contributed by atoms with Crippen LogP contribution in [0.3, 0.4) is 0 Å². The zero-order valence-corrected chi connectivity index (χ0v) is 11.5. The maximum atomic E-state index is 11.8. The van der Waals surface area contributed by atoms with Gasteiger partial charge in [-0.3, -0.25) is 4.79 Å². The third-order valence-corrected chi connectivity index (χ3v) is 2.59. The zero-order chi connectivity index (χ0) is 13.8. The summed E-state index contributed by atoms with van der Waals surface area (Å²) in [4.78, 5) is 11.8. The van der Waals surface area contributed by atoms with Crippen LogP contribution in [0.2, 0.25) is 0 Å². The summed E-state index contributed by atoms with van der Waals surface area (Å²) < 4.78 is 5.32. The average Bonchev–Trinajstić information content (AvgIpc) is 2.26. The second-order valence-corrected chi connectivity index (χ2v) is 5.21. The highest BCUT2D eigenvalue weighted by molar-refractivity contribution is 5.79. The Kier molecular flexibility index (Phi) is 4.73. The van der Waals surface area contributed by atoms with E-state index < -0.39 is 5.54 Å². The molecule has 0 spiro atoms. The highest BCUT2D eigenvalue weighted by atomic mass is 16.5. The Labute approximate surface area is 109 Å². The summed E-state index contributed by atoms with van der Waals surface area (Å²) in [6.07, 6.45) is 0.306. The Morgan fingerprint density at radius 2 is 2.11 bits per heavy atom. The molecule has 1 aromatic carbocycles. The fraction of sp³-hybridized carbons (Fsp3) is 0.500. The molecule has 0 fully saturated rings. The van der Waals surface area contributed by atoms with Gasteiger partial charge in [0.05, 0.1) is 13.5 Å². The lowest BCUT2D eigenvalue weighted by atomic mass is 10.1. The van der Waals surface area contributed by atoms with Crippen molar-refractivity contribution in [3.63, 3.8) is 0 Å². The fourth-order valence-corrected chi connectivity index (χ4v) is 1.71. The molecule has 0 aliphatic carbocycles. The molecular formula is C14H22N2O2. The van der Waals surface area contributed by atoms with Gasteiger partial charge in [0.1, 0.15) is 5.75 Å². The maximum Gasteiger partial charge on any atom is 0.224 e. The summed E-state index contributed by atoms with van der Waals surface area (Å²) in [5, 5.41) is 2.82. The minimum atomic E-state index is -0.396. The number of methoxy groups -OCH3 is 1. The van der Waals surface area contributed by atoms with Gasteiger partial charge in [0, 0.05) is 17.6 Å². The Morgan fingerprint density at radius 1 is 1.44 bits per heavy atom. The van der Waals surface area contributed by atoms with E-state index in [1.807, 2.05) is 39.0 Å². The lowest BCUT2D eigenvalue weighted by Crippen LogP contribution is -2.45. The summed E-state index contributed by atoms with van der Waals surface area (Å²) in [5.74, 6) is 0.733. The normalized spacial score (nSPS) is 11.2. The van der Waals surface area contributed by atoms with Crippen LogP contribution < -0.4 is 15.8 Å². The van der Waals surface area contributed by atoms with Crippen molar-refractivity contribution < 1.29 is 9.53 Å². The molecule has 0 unspecified atom stereocenters. The number of nitrogens with one attached hydrogen (secondary N) is 1. The first-order chi connectivity index (χ1) is 8.33. The summed E-state index contributed by atoms with van der Waals surface area (Å²) in [5.41, 5.74) is 7.34. The molecule has 0 aliphatic heterocycles. The Morgan fingerprint density at radius 3 is 2.67 bits per heavy atom. The first-order valence-electron chi connectivity index (χ1n) is 6.01. The second kappa shape index (κ2) is 5.87. The van der Waals surface area contributed by atoms with Gasteiger partial charge < -0.3 is 15.8 Å². The van der Waals surface area contributed by atoms with Crippen LogP contribution in [0.1, 0.15) is 25.0 Å². The number of rotatable bonds is 5. The van der Waals surface area contributed by atoms with E-state index >= 15 is 0 Å². The Bertz CT molecular complexity index is 422. The van der Waals surface area contributed by atoms with E-state index in [-0.39, 0.29) is 5.91 Å². The van der Waals surface area contributed by atoms with E-state index in [4.69, 9.17) is 10.5 Å². The van der Waals surface area contributed by atoms with Crippen LogP contribution in [0, 0.1) is 6.92 Å². The second-order valence-electron chi connectivity index (χ2n) is 5.21. The van der Waals surface area contributed by atoms with Crippen LogP contribution in [-0.2, 0) is 11.2 Å². The van der Waals surface area contributed by atoms with Crippen LogP contribution in [-0.4, -0.2) is 25.1 Å². The predicted octanol–water partition coefficient (Wildman–Crippen LogP) is 1.40. The van der Waals surface area contributed by atoms with Crippen molar-refractivity contribution >= 4 is 5.91 Å². The minimum absolute atomic E-state index is 0.0441. The van der Waals surface area contributed by atoms with Crippen molar-refractivity contribution in [2.45, 2.75) is 32.7 Å². The monoisotopic (exact) mass is 250 g/mol. The molecule has 4 nitrogen and oxygen atoms in total. The summed E-state index contributed by atoms with van der Waals surface area (Å²) in [6.45, 7) is 6.17. The molecule has 0 atom stereocenters. The van der Waals surface area contributed by atoms with Gasteiger partial charge in [-0.2, -0.15) is 0 Å². The first-order valence-corrected chi connectivity index (χ1v) is 6.01. The van der Waals surface area contributed by atoms with E-state index in [2.05, 4.69) is 5.32 Å². The molecule has 18 heavy (non-hydrogen) atoms. The van der Waals surface area contributed by atoms with Crippen LogP contribution in [0.4, 0.5) is 0 Å². The molecule has 1 amide bonds. The molecule has 0 radical (unpaired) electrons. The number of hydrogen-bond donors (Lipinski definition) is 2. The number of carbonyl (C=O) groups is 1. The predicted molar refractivity (Wildman–Crippen MR) is 72.7 cm³/mol. The van der Waals surface area contributed by atoms with Gasteiger partial charge in [-0.05, 0) is 26.3 Å². The molecule has 0 aromatic heterocycles. The van der Waals surface area contributed by atoms with E-state index in [1.54, 1.807) is 7.11 Å². The largest absolute Gasteiger partial charge is 0.496 e. The van der Waals surface area contributed by atoms with Crippen molar-refractivity contribution in [1.29, 1.82) is 0 Å². The lowest BCUT2D eigenvalue weighted by molar-refractivity contribution is -0.120. The standard InChI is InChI=1S/C14H22N2O2/c1-10-6-5-7-11(13(10)18-4)8-12(17)16-9-14(2,3)15/h5-7H,8-9,15H2,1-4H3,(H,16,17). The summed E-state index contributed by atoms with van der Waals surface area (Å²) in [7, 11) is 1.62. The molecular weight excluding hydrogens is 228 g/mol. The zero-order valence-electron chi connectivity index (χ0n) is 11.5. The number of ether oxygens (including phenoxy) is 1. The third-order valence-electron chi connectivity index (χ3n) is 2.59. The molecule has 3 N–H and O–H groups in total.